The van der Waals surface area contributed by atoms with Crippen LogP contribution in [-0.4, -0.2) is 28.5 Å². The molecule has 0 bridgehead atoms. The van der Waals surface area contributed by atoms with Crippen LogP contribution in [0.2, 0.25) is 0 Å². The normalized spacial score (nSPS) is 11.0. The van der Waals surface area contributed by atoms with Gasteiger partial charge < -0.3 is 25.1 Å². The molecule has 0 spiro atoms. The van der Waals surface area contributed by atoms with Crippen LogP contribution in [0.15, 0.2) is 91.3 Å². The smallest absolute Gasteiger partial charge is 0.143 e. The summed E-state index contributed by atoms with van der Waals surface area (Å²) in [6.45, 7) is 4.98. The van der Waals surface area contributed by atoms with Crippen molar-refractivity contribution in [3.63, 3.8) is 0 Å². The Balaban J connectivity index is 0.000000749. The molecule has 5 rings (SSSR count). The number of carbonyl (C=O) groups excluding carboxylic acids is 1. The SMILES string of the molecule is CO[C-]=O.C[C@@H](Nc1ncnc2[nH]c(-c3ccc(CNCc4cc[c-]cc4)cc3)cc12)c1ccccc1.[Y]. The van der Waals surface area contributed by atoms with Gasteiger partial charge in [-0.3, -0.25) is 0 Å². The van der Waals surface area contributed by atoms with Gasteiger partial charge in [0.15, 0.2) is 0 Å². The van der Waals surface area contributed by atoms with Crippen molar-refractivity contribution < 1.29 is 42.2 Å². The zero-order chi connectivity index (χ0) is 25.9. The molecule has 0 unspecified atom stereocenters. The Labute approximate surface area is 248 Å². The van der Waals surface area contributed by atoms with Gasteiger partial charge in [-0.2, -0.15) is 30.3 Å². The molecule has 0 fully saturated rings. The minimum Gasteiger partial charge on any atom is -0.655 e. The third-order valence-electron chi connectivity index (χ3n) is 5.87. The Bertz CT molecular complexity index is 1390. The van der Waals surface area contributed by atoms with E-state index in [2.05, 4.69) is 110 Å². The van der Waals surface area contributed by atoms with Crippen LogP contribution in [-0.2, 0) is 55.3 Å². The second kappa shape index (κ2) is 15.1. The minimum atomic E-state index is 0. The molecule has 38 heavy (non-hydrogen) atoms. The monoisotopic (exact) mass is 580 g/mol. The Kier molecular flexibility index (Phi) is 11.6. The zero-order valence-electron chi connectivity index (χ0n) is 21.4. The maximum atomic E-state index is 8.83. The van der Waals surface area contributed by atoms with E-state index in [1.54, 1.807) is 6.33 Å². The number of rotatable bonds is 9. The number of nitrogens with one attached hydrogen (secondary N) is 3. The molecule has 0 aliphatic heterocycles. The molecular formula is C30H29N5O2Y-2. The van der Waals surface area contributed by atoms with Crippen LogP contribution in [0, 0.1) is 6.07 Å². The van der Waals surface area contributed by atoms with Crippen molar-refractivity contribution >= 4 is 23.3 Å². The second-order valence-electron chi connectivity index (χ2n) is 8.44. The van der Waals surface area contributed by atoms with E-state index in [9.17, 15) is 0 Å². The second-order valence-corrected chi connectivity index (χ2v) is 8.44. The average Bonchev–Trinajstić information content (AvgIpc) is 3.40. The largest absolute Gasteiger partial charge is 0.655 e. The molecule has 7 nitrogen and oxygen atoms in total. The minimum absolute atomic E-state index is 0. The number of hydrogen-bond acceptors (Lipinski definition) is 6. The molecule has 2 aromatic heterocycles. The van der Waals surface area contributed by atoms with Gasteiger partial charge >= 0.3 is 0 Å². The fourth-order valence-corrected chi connectivity index (χ4v) is 3.93. The molecule has 0 aliphatic rings. The van der Waals surface area contributed by atoms with Gasteiger partial charge in [0.25, 0.3) is 0 Å². The molecule has 3 N–H and O–H groups in total. The summed E-state index contributed by atoms with van der Waals surface area (Å²) in [5.41, 5.74) is 6.70. The molecule has 191 valence electrons. The predicted octanol–water partition coefficient (Wildman–Crippen LogP) is 5.59. The first-order chi connectivity index (χ1) is 18.2. The predicted molar refractivity (Wildman–Crippen MR) is 146 cm³/mol. The third kappa shape index (κ3) is 8.05. The van der Waals surface area contributed by atoms with Gasteiger partial charge in [-0.25, -0.2) is 9.97 Å². The number of aromatic nitrogens is 3. The number of aromatic amines is 1. The van der Waals surface area contributed by atoms with Crippen molar-refractivity contribution in [3.05, 3.63) is 114 Å². The summed E-state index contributed by atoms with van der Waals surface area (Å²) in [5, 5.41) is 8.01. The molecule has 1 radical (unpaired) electrons. The summed E-state index contributed by atoms with van der Waals surface area (Å²) in [6.07, 6.45) is 1.60. The standard InChI is InChI=1S/C28H26N5.C2H3O2.Y/c1-20(23-10-6-3-7-11-23)32-27-25-16-26(33-28(25)31-19-30-27)24-14-12-22(13-15-24)18-29-17-21-8-4-2-5-9-21;1-4-2-3;/h3-16,19-20,29H,17-18H2,1H3,(H2,30,31,32,33);1H3;/q2*-1;/t20-;;/m1../s1. The number of hydrogen-bond donors (Lipinski definition) is 3. The van der Waals surface area contributed by atoms with Crippen LogP contribution >= 0.6 is 0 Å². The first kappa shape index (κ1) is 29.2. The Hall–Kier alpha value is -3.39. The topological polar surface area (TPSA) is 91.9 Å². The van der Waals surface area contributed by atoms with E-state index < -0.39 is 0 Å². The Morgan fingerprint density at radius 1 is 0.974 bits per heavy atom. The van der Waals surface area contributed by atoms with E-state index >= 15 is 0 Å². The van der Waals surface area contributed by atoms with Crippen molar-refractivity contribution in [2.75, 3.05) is 12.4 Å². The van der Waals surface area contributed by atoms with Crippen molar-refractivity contribution in [2.24, 2.45) is 0 Å². The summed E-state index contributed by atoms with van der Waals surface area (Å²) < 4.78 is 3.74. The molecular weight excluding hydrogens is 551 g/mol. The number of methoxy groups -OCH3 is 1. The van der Waals surface area contributed by atoms with Crippen molar-refractivity contribution in [3.8, 4) is 11.3 Å². The zero-order valence-corrected chi connectivity index (χ0v) is 24.3. The molecule has 0 saturated carbocycles. The summed E-state index contributed by atoms with van der Waals surface area (Å²) >= 11 is 0. The average molecular weight is 581 g/mol. The molecule has 5 aromatic rings. The fraction of sp³-hybridized carbons (Fsp3) is 0.167. The molecule has 8 heteroatoms. The number of fused-ring (bicyclic) bond motifs is 1. The summed E-state index contributed by atoms with van der Waals surface area (Å²) in [6, 6.07) is 32.3. The third-order valence-corrected chi connectivity index (χ3v) is 5.87. The van der Waals surface area contributed by atoms with Gasteiger partial charge in [0.2, 0.25) is 0 Å². The van der Waals surface area contributed by atoms with Crippen LogP contribution in [0.5, 0.6) is 0 Å². The number of nitrogens with zero attached hydrogens (tertiary/aromatic N) is 2. The molecule has 2 heterocycles. The summed E-state index contributed by atoms with van der Waals surface area (Å²) in [5.74, 6) is 0.832. The molecule has 0 aliphatic carbocycles. The molecule has 0 saturated heterocycles. The van der Waals surface area contributed by atoms with Crippen molar-refractivity contribution in [1.82, 2.24) is 20.3 Å². The quantitative estimate of drug-likeness (QED) is 0.197. The number of anilines is 1. The summed E-state index contributed by atoms with van der Waals surface area (Å²) in [7, 11) is 1.26. The van der Waals surface area contributed by atoms with Crippen molar-refractivity contribution in [1.29, 1.82) is 0 Å². The number of H-pyrrole nitrogens is 1. The molecule has 0 amide bonds. The number of benzene rings is 3. The van der Waals surface area contributed by atoms with E-state index in [-0.39, 0.29) is 38.8 Å². The van der Waals surface area contributed by atoms with Crippen LogP contribution in [0.4, 0.5) is 5.82 Å². The van der Waals surface area contributed by atoms with E-state index in [0.29, 0.717) is 0 Å². The van der Waals surface area contributed by atoms with E-state index in [4.69, 9.17) is 4.79 Å². The number of ether oxygens (including phenoxy) is 1. The van der Waals surface area contributed by atoms with Crippen molar-refractivity contribution in [2.45, 2.75) is 26.1 Å². The molecule has 3 aromatic carbocycles. The van der Waals surface area contributed by atoms with E-state index in [1.807, 2.05) is 18.2 Å². The van der Waals surface area contributed by atoms with Crippen LogP contribution < -0.4 is 10.6 Å². The fourth-order valence-electron chi connectivity index (χ4n) is 3.93. The van der Waals surface area contributed by atoms with Gasteiger partial charge in [0.05, 0.1) is 5.39 Å². The first-order valence-corrected chi connectivity index (χ1v) is 12.0. The maximum Gasteiger partial charge on any atom is 0.143 e. The van der Waals surface area contributed by atoms with Gasteiger partial charge in [-0.1, -0.05) is 61.1 Å². The van der Waals surface area contributed by atoms with Crippen LogP contribution in [0.3, 0.4) is 0 Å². The summed E-state index contributed by atoms with van der Waals surface area (Å²) in [4.78, 5) is 21.2. The van der Waals surface area contributed by atoms with Crippen LogP contribution in [0.1, 0.15) is 29.7 Å². The first-order valence-electron chi connectivity index (χ1n) is 12.0. The Morgan fingerprint density at radius 3 is 2.29 bits per heavy atom. The Morgan fingerprint density at radius 2 is 1.63 bits per heavy atom. The van der Waals surface area contributed by atoms with Crippen LogP contribution in [0.25, 0.3) is 22.3 Å². The van der Waals surface area contributed by atoms with E-state index in [0.717, 1.165) is 41.2 Å². The van der Waals surface area contributed by atoms with E-state index in [1.165, 1.54) is 30.3 Å². The maximum absolute atomic E-state index is 8.83. The van der Waals surface area contributed by atoms with Gasteiger partial charge in [0, 0.05) is 58.1 Å². The van der Waals surface area contributed by atoms with Gasteiger partial charge in [0.1, 0.15) is 17.8 Å². The van der Waals surface area contributed by atoms with Gasteiger partial charge in [-0.05, 0) is 36.2 Å². The molecule has 1 atom stereocenters. The van der Waals surface area contributed by atoms with Gasteiger partial charge in [-0.15, -0.1) is 5.56 Å².